The molecular formula is C24H39ClN4O. The minimum Gasteiger partial charge on any atom is -0.381 e. The zero-order valence-electron chi connectivity index (χ0n) is 18.9. The molecule has 30 heavy (non-hydrogen) atoms. The number of aliphatic imine (C=N–C) groups is 1. The van der Waals surface area contributed by atoms with Crippen LogP contribution >= 0.6 is 11.6 Å². The van der Waals surface area contributed by atoms with Crippen molar-refractivity contribution in [2.45, 2.75) is 45.1 Å². The van der Waals surface area contributed by atoms with Gasteiger partial charge in [-0.3, -0.25) is 9.89 Å². The van der Waals surface area contributed by atoms with Crippen molar-refractivity contribution < 1.29 is 4.74 Å². The molecule has 1 aromatic carbocycles. The first kappa shape index (κ1) is 23.4. The Morgan fingerprint density at radius 1 is 1.30 bits per heavy atom. The number of likely N-dealkylation sites (tertiary alicyclic amines) is 1. The first-order valence-corrected chi connectivity index (χ1v) is 12.0. The number of ether oxygens (including phenoxy) is 1. The van der Waals surface area contributed by atoms with E-state index in [1.54, 1.807) is 0 Å². The van der Waals surface area contributed by atoms with Gasteiger partial charge in [-0.05, 0) is 82.2 Å². The van der Waals surface area contributed by atoms with E-state index in [2.05, 4.69) is 54.3 Å². The minimum atomic E-state index is 0.372. The van der Waals surface area contributed by atoms with Crippen LogP contribution < -0.4 is 5.32 Å². The van der Waals surface area contributed by atoms with Gasteiger partial charge in [0.05, 0.1) is 0 Å². The molecule has 1 aromatic rings. The lowest BCUT2D eigenvalue weighted by Gasteiger charge is -2.39. The number of nitrogens with one attached hydrogen (secondary N) is 1. The fraction of sp³-hybridized carbons (Fsp3) is 0.708. The van der Waals surface area contributed by atoms with Gasteiger partial charge in [0.2, 0.25) is 0 Å². The number of hydrogen-bond donors (Lipinski definition) is 1. The summed E-state index contributed by atoms with van der Waals surface area (Å²) in [6, 6.07) is 8.72. The molecule has 2 atom stereocenters. The van der Waals surface area contributed by atoms with Crippen molar-refractivity contribution in [2.75, 3.05) is 53.5 Å². The van der Waals surface area contributed by atoms with Crippen LogP contribution in [0.4, 0.5) is 0 Å². The molecule has 5 nitrogen and oxygen atoms in total. The van der Waals surface area contributed by atoms with E-state index in [1.807, 2.05) is 6.07 Å². The highest BCUT2D eigenvalue weighted by molar-refractivity contribution is 6.30. The number of nitrogens with zero attached hydrogens (tertiary/aromatic N) is 3. The van der Waals surface area contributed by atoms with Gasteiger partial charge in [-0.25, -0.2) is 0 Å². The first-order chi connectivity index (χ1) is 14.6. The molecule has 2 heterocycles. The Labute approximate surface area is 187 Å². The van der Waals surface area contributed by atoms with E-state index in [1.165, 1.54) is 37.7 Å². The maximum atomic E-state index is 6.30. The molecule has 2 aliphatic rings. The molecule has 0 amide bonds. The molecule has 0 radical (unpaired) electrons. The van der Waals surface area contributed by atoms with E-state index in [0.29, 0.717) is 12.0 Å². The quantitative estimate of drug-likeness (QED) is 0.508. The van der Waals surface area contributed by atoms with Crippen LogP contribution in [0.2, 0.25) is 5.02 Å². The fourth-order valence-electron chi connectivity index (χ4n) is 4.86. The van der Waals surface area contributed by atoms with E-state index >= 15 is 0 Å². The number of benzene rings is 1. The van der Waals surface area contributed by atoms with Crippen LogP contribution in [0.3, 0.4) is 0 Å². The van der Waals surface area contributed by atoms with Gasteiger partial charge in [-0.15, -0.1) is 0 Å². The maximum Gasteiger partial charge on any atom is 0.193 e. The Morgan fingerprint density at radius 3 is 2.83 bits per heavy atom. The molecule has 168 valence electrons. The normalized spacial score (nSPS) is 24.1. The van der Waals surface area contributed by atoms with Crippen LogP contribution in [0.5, 0.6) is 0 Å². The number of halogens is 1. The molecule has 1 N–H and O–H groups in total. The number of hydrogen-bond acceptors (Lipinski definition) is 3. The van der Waals surface area contributed by atoms with Crippen molar-refractivity contribution in [2.24, 2.45) is 16.8 Å². The van der Waals surface area contributed by atoms with E-state index in [9.17, 15) is 0 Å². The van der Waals surface area contributed by atoms with Crippen LogP contribution in [0.1, 0.15) is 50.6 Å². The van der Waals surface area contributed by atoms with Crippen molar-refractivity contribution in [1.29, 1.82) is 0 Å². The van der Waals surface area contributed by atoms with Crippen molar-refractivity contribution in [3.8, 4) is 0 Å². The summed E-state index contributed by atoms with van der Waals surface area (Å²) in [5, 5.41) is 4.32. The lowest BCUT2D eigenvalue weighted by Crippen LogP contribution is -2.41. The highest BCUT2D eigenvalue weighted by atomic mass is 35.5. The summed E-state index contributed by atoms with van der Waals surface area (Å²) >= 11 is 6.30. The Balaban J connectivity index is 1.65. The average molecular weight is 435 g/mol. The molecule has 3 rings (SSSR count). The SMILES string of the molecule is CCNC(=NCC1CCCN(C)C1c1cccc(Cl)c1)N(C)CCC1CCOCC1. The van der Waals surface area contributed by atoms with E-state index in [4.69, 9.17) is 21.3 Å². The van der Waals surface area contributed by atoms with Crippen LogP contribution in [0.25, 0.3) is 0 Å². The zero-order valence-corrected chi connectivity index (χ0v) is 19.7. The van der Waals surface area contributed by atoms with Crippen LogP contribution in [-0.2, 0) is 4.74 Å². The third-order valence-corrected chi connectivity index (χ3v) is 6.82. The molecule has 0 saturated carbocycles. The third kappa shape index (κ3) is 6.60. The maximum absolute atomic E-state index is 6.30. The van der Waals surface area contributed by atoms with Crippen LogP contribution in [0, 0.1) is 11.8 Å². The van der Waals surface area contributed by atoms with E-state index < -0.39 is 0 Å². The van der Waals surface area contributed by atoms with Crippen molar-refractivity contribution in [3.05, 3.63) is 34.9 Å². The molecule has 2 fully saturated rings. The predicted molar refractivity (Wildman–Crippen MR) is 126 cm³/mol. The van der Waals surface area contributed by atoms with E-state index in [0.717, 1.165) is 56.3 Å². The van der Waals surface area contributed by atoms with Gasteiger partial charge < -0.3 is 15.0 Å². The molecular weight excluding hydrogens is 396 g/mol. The van der Waals surface area contributed by atoms with Gasteiger partial charge in [-0.1, -0.05) is 23.7 Å². The Hall–Kier alpha value is -1.30. The van der Waals surface area contributed by atoms with Crippen LogP contribution in [-0.4, -0.2) is 69.2 Å². The first-order valence-electron chi connectivity index (χ1n) is 11.6. The molecule has 0 bridgehead atoms. The van der Waals surface area contributed by atoms with Gasteiger partial charge >= 0.3 is 0 Å². The van der Waals surface area contributed by atoms with Gasteiger partial charge in [0, 0.05) is 51.0 Å². The van der Waals surface area contributed by atoms with Gasteiger partial charge in [0.25, 0.3) is 0 Å². The second kappa shape index (κ2) is 11.9. The highest BCUT2D eigenvalue weighted by Gasteiger charge is 2.30. The molecule has 0 aliphatic carbocycles. The number of guanidine groups is 1. The lowest BCUT2D eigenvalue weighted by molar-refractivity contribution is 0.0625. The molecule has 0 aromatic heterocycles. The summed E-state index contributed by atoms with van der Waals surface area (Å²) in [6.07, 6.45) is 6.02. The smallest absolute Gasteiger partial charge is 0.193 e. The second-order valence-electron chi connectivity index (χ2n) is 8.84. The molecule has 0 spiro atoms. The highest BCUT2D eigenvalue weighted by Crippen LogP contribution is 2.36. The zero-order chi connectivity index (χ0) is 21.3. The molecule has 6 heteroatoms. The summed E-state index contributed by atoms with van der Waals surface area (Å²) in [6.45, 7) is 7.88. The standard InChI is InChI=1S/C24H39ClN4O/c1-4-26-24(29(3)14-10-19-11-15-30-16-12-19)27-18-21-8-6-13-28(2)23(21)20-7-5-9-22(25)17-20/h5,7,9,17,19,21,23H,4,6,8,10-16,18H2,1-3H3,(H,26,27). The predicted octanol–water partition coefficient (Wildman–Crippen LogP) is 4.44. The van der Waals surface area contributed by atoms with Crippen LogP contribution in [0.15, 0.2) is 29.3 Å². The summed E-state index contributed by atoms with van der Waals surface area (Å²) in [7, 11) is 4.40. The fourth-order valence-corrected chi connectivity index (χ4v) is 5.06. The monoisotopic (exact) mass is 434 g/mol. The Bertz CT molecular complexity index is 677. The van der Waals surface area contributed by atoms with Gasteiger partial charge in [0.1, 0.15) is 0 Å². The molecule has 2 unspecified atom stereocenters. The van der Waals surface area contributed by atoms with Gasteiger partial charge in [-0.2, -0.15) is 0 Å². The van der Waals surface area contributed by atoms with Crippen molar-refractivity contribution in [3.63, 3.8) is 0 Å². The minimum absolute atomic E-state index is 0.372. The summed E-state index contributed by atoms with van der Waals surface area (Å²) < 4.78 is 5.50. The molecule has 2 aliphatic heterocycles. The summed E-state index contributed by atoms with van der Waals surface area (Å²) in [5.41, 5.74) is 1.31. The Kier molecular flexibility index (Phi) is 9.28. The largest absolute Gasteiger partial charge is 0.381 e. The Morgan fingerprint density at radius 2 is 2.10 bits per heavy atom. The average Bonchev–Trinajstić information content (AvgIpc) is 2.75. The van der Waals surface area contributed by atoms with Crippen molar-refractivity contribution >= 4 is 17.6 Å². The van der Waals surface area contributed by atoms with E-state index in [-0.39, 0.29) is 0 Å². The topological polar surface area (TPSA) is 40.1 Å². The van der Waals surface area contributed by atoms with Crippen molar-refractivity contribution in [1.82, 2.24) is 15.1 Å². The summed E-state index contributed by atoms with van der Waals surface area (Å²) in [4.78, 5) is 9.86. The third-order valence-electron chi connectivity index (χ3n) is 6.58. The second-order valence-corrected chi connectivity index (χ2v) is 9.28. The van der Waals surface area contributed by atoms with Gasteiger partial charge in [0.15, 0.2) is 5.96 Å². The number of piperidine rings is 1. The number of rotatable bonds is 7. The lowest BCUT2D eigenvalue weighted by atomic mass is 9.85. The molecule has 2 saturated heterocycles. The summed E-state index contributed by atoms with van der Waals surface area (Å²) in [5.74, 6) is 2.31.